The number of likely N-dealkylation sites (N-methyl/N-ethyl adjacent to an activating group) is 1. The number of benzene rings is 1. The maximum atomic E-state index is 12.7. The van der Waals surface area contributed by atoms with Gasteiger partial charge in [-0.1, -0.05) is 29.9 Å². The monoisotopic (exact) mass is 405 g/mol. The summed E-state index contributed by atoms with van der Waals surface area (Å²) in [5.74, 6) is 0.0594. The second kappa shape index (κ2) is 6.82. The van der Waals surface area contributed by atoms with Crippen LogP contribution < -0.4 is 10.0 Å². The fourth-order valence-corrected chi connectivity index (χ4v) is 4.96. The standard InChI is InChI=1S/C16H18F3N3O2S2/c1-22(15-21-9-14(25-15)26(20,23)24)13-4-2-3-12(13)10-5-7-11(8-6-10)16(17,18)19/h5-9,12-13H,2-4H2,1H3,(H2,20,23,24)/t12-,13+/m1/s1. The van der Waals surface area contributed by atoms with E-state index in [1.54, 1.807) is 0 Å². The Balaban J connectivity index is 1.82. The van der Waals surface area contributed by atoms with Crippen molar-refractivity contribution in [2.45, 2.75) is 41.6 Å². The Morgan fingerprint density at radius 3 is 2.42 bits per heavy atom. The van der Waals surface area contributed by atoms with Gasteiger partial charge in [-0.3, -0.25) is 0 Å². The molecule has 0 radical (unpaired) electrons. The van der Waals surface area contributed by atoms with Crippen LogP contribution in [0.15, 0.2) is 34.7 Å². The third-order valence-corrected chi connectivity index (χ3v) is 7.19. The molecular weight excluding hydrogens is 387 g/mol. The van der Waals surface area contributed by atoms with Gasteiger partial charge in [0.25, 0.3) is 0 Å². The third kappa shape index (κ3) is 3.86. The molecule has 1 saturated carbocycles. The predicted octanol–water partition coefficient (Wildman–Crippen LogP) is 3.58. The first-order valence-corrected chi connectivity index (χ1v) is 10.3. The molecule has 2 aromatic rings. The minimum absolute atomic E-state index is 0.0107. The minimum Gasteiger partial charge on any atom is -0.348 e. The first-order valence-electron chi connectivity index (χ1n) is 7.96. The second-order valence-corrected chi connectivity index (χ2v) is 9.14. The summed E-state index contributed by atoms with van der Waals surface area (Å²) < 4.78 is 61.1. The van der Waals surface area contributed by atoms with Gasteiger partial charge in [-0.25, -0.2) is 18.5 Å². The lowest BCUT2D eigenvalue weighted by atomic mass is 9.92. The fourth-order valence-electron chi connectivity index (χ4n) is 3.40. The van der Waals surface area contributed by atoms with Gasteiger partial charge in [-0.2, -0.15) is 13.2 Å². The number of sulfonamides is 1. The Morgan fingerprint density at radius 2 is 1.88 bits per heavy atom. The quantitative estimate of drug-likeness (QED) is 0.844. The molecule has 3 rings (SSSR count). The van der Waals surface area contributed by atoms with Crippen molar-refractivity contribution in [1.29, 1.82) is 0 Å². The molecule has 2 atom stereocenters. The summed E-state index contributed by atoms with van der Waals surface area (Å²) >= 11 is 0.991. The summed E-state index contributed by atoms with van der Waals surface area (Å²) in [6.07, 6.45) is -0.474. The molecule has 0 unspecified atom stereocenters. The van der Waals surface area contributed by atoms with Gasteiger partial charge in [0.2, 0.25) is 10.0 Å². The van der Waals surface area contributed by atoms with Gasteiger partial charge < -0.3 is 4.90 Å². The van der Waals surface area contributed by atoms with Crippen LogP contribution in [-0.2, 0) is 16.2 Å². The molecule has 1 aromatic heterocycles. The lowest BCUT2D eigenvalue weighted by Crippen LogP contribution is -2.33. The number of aromatic nitrogens is 1. The fraction of sp³-hybridized carbons (Fsp3) is 0.438. The van der Waals surface area contributed by atoms with Crippen LogP contribution in [0.25, 0.3) is 0 Å². The molecule has 26 heavy (non-hydrogen) atoms. The molecule has 1 aliphatic rings. The zero-order valence-electron chi connectivity index (χ0n) is 13.9. The average molecular weight is 405 g/mol. The van der Waals surface area contributed by atoms with Crippen molar-refractivity contribution in [3.05, 3.63) is 41.6 Å². The highest BCUT2D eigenvalue weighted by atomic mass is 32.2. The molecule has 1 aliphatic carbocycles. The Hall–Kier alpha value is -1.65. The van der Waals surface area contributed by atoms with E-state index in [1.165, 1.54) is 18.3 Å². The highest BCUT2D eigenvalue weighted by Gasteiger charge is 2.34. The molecule has 10 heteroatoms. The van der Waals surface area contributed by atoms with E-state index in [0.29, 0.717) is 5.13 Å². The number of anilines is 1. The van der Waals surface area contributed by atoms with Crippen LogP contribution in [0.5, 0.6) is 0 Å². The van der Waals surface area contributed by atoms with Crippen molar-refractivity contribution in [3.8, 4) is 0 Å². The van der Waals surface area contributed by atoms with E-state index in [2.05, 4.69) is 4.98 Å². The van der Waals surface area contributed by atoms with E-state index in [9.17, 15) is 21.6 Å². The largest absolute Gasteiger partial charge is 0.416 e. The molecule has 1 heterocycles. The van der Waals surface area contributed by atoms with Crippen LogP contribution in [-0.4, -0.2) is 26.5 Å². The Kier molecular flexibility index (Phi) is 5.02. The molecule has 142 valence electrons. The normalized spacial score (nSPS) is 21.1. The molecule has 1 aromatic carbocycles. The maximum absolute atomic E-state index is 12.7. The molecule has 0 saturated heterocycles. The second-order valence-electron chi connectivity index (χ2n) is 6.34. The van der Waals surface area contributed by atoms with Gasteiger partial charge >= 0.3 is 6.18 Å². The van der Waals surface area contributed by atoms with Gasteiger partial charge in [0.1, 0.15) is 0 Å². The van der Waals surface area contributed by atoms with Crippen LogP contribution in [0.3, 0.4) is 0 Å². The number of hydrogen-bond donors (Lipinski definition) is 1. The number of nitrogens with zero attached hydrogens (tertiary/aromatic N) is 2. The van der Waals surface area contributed by atoms with Crippen LogP contribution in [0.4, 0.5) is 18.3 Å². The molecule has 0 bridgehead atoms. The van der Waals surface area contributed by atoms with Crippen LogP contribution in [0.2, 0.25) is 0 Å². The minimum atomic E-state index is -4.35. The van der Waals surface area contributed by atoms with Crippen molar-refractivity contribution in [2.75, 3.05) is 11.9 Å². The number of alkyl halides is 3. The number of halogens is 3. The first-order chi connectivity index (χ1) is 12.1. The number of rotatable bonds is 4. The molecule has 1 fully saturated rings. The van der Waals surface area contributed by atoms with Gasteiger partial charge in [0.05, 0.1) is 11.8 Å². The van der Waals surface area contributed by atoms with Crippen LogP contribution in [0, 0.1) is 0 Å². The molecule has 0 spiro atoms. The smallest absolute Gasteiger partial charge is 0.348 e. The van der Waals surface area contributed by atoms with Crippen molar-refractivity contribution >= 4 is 26.5 Å². The van der Waals surface area contributed by atoms with Crippen LogP contribution >= 0.6 is 11.3 Å². The zero-order valence-corrected chi connectivity index (χ0v) is 15.5. The first kappa shape index (κ1) is 19.1. The Bertz CT molecular complexity index is 879. The number of hydrogen-bond acceptors (Lipinski definition) is 5. The number of thiazole rings is 1. The van der Waals surface area contributed by atoms with Crippen molar-refractivity contribution in [1.82, 2.24) is 4.98 Å². The van der Waals surface area contributed by atoms with Crippen molar-refractivity contribution in [2.24, 2.45) is 5.14 Å². The highest BCUT2D eigenvalue weighted by molar-refractivity contribution is 7.91. The molecule has 2 N–H and O–H groups in total. The summed E-state index contributed by atoms with van der Waals surface area (Å²) in [4.78, 5) is 6.04. The SMILES string of the molecule is CN(c1ncc(S(N)(=O)=O)s1)[C@H]1CCC[C@@H]1c1ccc(C(F)(F)F)cc1. The number of nitrogens with two attached hydrogens (primary N) is 1. The highest BCUT2D eigenvalue weighted by Crippen LogP contribution is 2.41. The Labute approximate surface area is 153 Å². The zero-order chi connectivity index (χ0) is 19.1. The molecular formula is C16H18F3N3O2S2. The van der Waals surface area contributed by atoms with E-state index < -0.39 is 21.8 Å². The summed E-state index contributed by atoms with van der Waals surface area (Å²) in [5.41, 5.74) is 0.178. The lowest BCUT2D eigenvalue weighted by Gasteiger charge is -2.30. The predicted molar refractivity (Wildman–Crippen MR) is 93.7 cm³/mol. The van der Waals surface area contributed by atoms with Crippen molar-refractivity contribution in [3.63, 3.8) is 0 Å². The molecule has 0 aliphatic heterocycles. The van der Waals surface area contributed by atoms with E-state index in [1.807, 2.05) is 11.9 Å². The van der Waals surface area contributed by atoms with Crippen molar-refractivity contribution < 1.29 is 21.6 Å². The van der Waals surface area contributed by atoms with Gasteiger partial charge in [0, 0.05) is 19.0 Å². The summed E-state index contributed by atoms with van der Waals surface area (Å²) in [7, 11) is -1.98. The van der Waals surface area contributed by atoms with Gasteiger partial charge in [-0.05, 0) is 30.5 Å². The molecule has 0 amide bonds. The third-order valence-electron chi connectivity index (χ3n) is 4.70. The topological polar surface area (TPSA) is 76.3 Å². The van der Waals surface area contributed by atoms with E-state index in [0.717, 1.165) is 48.3 Å². The van der Waals surface area contributed by atoms with E-state index in [4.69, 9.17) is 5.14 Å². The van der Waals surface area contributed by atoms with Gasteiger partial charge in [-0.15, -0.1) is 0 Å². The molecule has 5 nitrogen and oxygen atoms in total. The van der Waals surface area contributed by atoms with E-state index in [-0.39, 0.29) is 16.2 Å². The lowest BCUT2D eigenvalue weighted by molar-refractivity contribution is -0.137. The number of primary sulfonamides is 1. The summed E-state index contributed by atoms with van der Waals surface area (Å²) in [6, 6.07) is 5.29. The van der Waals surface area contributed by atoms with E-state index >= 15 is 0 Å². The van der Waals surface area contributed by atoms with Gasteiger partial charge in [0.15, 0.2) is 9.34 Å². The summed E-state index contributed by atoms with van der Waals surface area (Å²) in [5, 5.41) is 5.65. The maximum Gasteiger partial charge on any atom is 0.416 e. The van der Waals surface area contributed by atoms with Crippen LogP contribution in [0.1, 0.15) is 36.3 Å². The average Bonchev–Trinajstić information content (AvgIpc) is 3.22. The Morgan fingerprint density at radius 1 is 1.23 bits per heavy atom. The summed E-state index contributed by atoms with van der Waals surface area (Å²) in [6.45, 7) is 0.